The van der Waals surface area contributed by atoms with Gasteiger partial charge in [0, 0.05) is 25.6 Å². The molecule has 0 saturated carbocycles. The van der Waals surface area contributed by atoms with Crippen molar-refractivity contribution in [3.8, 4) is 17.2 Å². The van der Waals surface area contributed by atoms with Crippen molar-refractivity contribution >= 4 is 16.9 Å². The van der Waals surface area contributed by atoms with E-state index in [1.165, 1.54) is 0 Å². The van der Waals surface area contributed by atoms with E-state index in [4.69, 9.17) is 4.98 Å². The van der Waals surface area contributed by atoms with Crippen molar-refractivity contribution in [1.29, 1.82) is 0 Å². The molecule has 26 heavy (non-hydrogen) atoms. The summed E-state index contributed by atoms with van der Waals surface area (Å²) in [5.74, 6) is 0.571. The molecule has 4 rings (SSSR count). The first-order valence-electron chi connectivity index (χ1n) is 8.16. The first kappa shape index (κ1) is 15.9. The Morgan fingerprint density at radius 3 is 2.73 bits per heavy atom. The Hall–Kier alpha value is -3.55. The van der Waals surface area contributed by atoms with Gasteiger partial charge in [0.1, 0.15) is 12.2 Å². The molecule has 8 nitrogen and oxygen atoms in total. The van der Waals surface area contributed by atoms with Crippen molar-refractivity contribution in [3.05, 3.63) is 54.7 Å². The molecule has 3 aromatic heterocycles. The molecule has 0 aliphatic carbocycles. The van der Waals surface area contributed by atoms with E-state index in [0.717, 1.165) is 22.4 Å². The predicted octanol–water partition coefficient (Wildman–Crippen LogP) is 1.73. The fraction of sp³-hybridized carbons (Fsp3) is 0.167. The Labute approximate surface area is 149 Å². The van der Waals surface area contributed by atoms with Crippen LogP contribution in [-0.4, -0.2) is 42.3 Å². The molecule has 0 atom stereocenters. The number of carbonyl (C=O) groups excluding carboxylic acids is 1. The molecule has 0 aliphatic rings. The van der Waals surface area contributed by atoms with Crippen LogP contribution in [0.4, 0.5) is 0 Å². The lowest BCUT2D eigenvalue weighted by atomic mass is 10.2. The number of rotatable bonds is 4. The summed E-state index contributed by atoms with van der Waals surface area (Å²) < 4.78 is 3.47. The van der Waals surface area contributed by atoms with Crippen LogP contribution in [0.1, 0.15) is 5.69 Å². The van der Waals surface area contributed by atoms with Crippen LogP contribution in [0.2, 0.25) is 0 Å². The Morgan fingerprint density at radius 1 is 1.19 bits per heavy atom. The number of nitrogens with zero attached hydrogens (tertiary/aromatic N) is 6. The molecule has 0 bridgehead atoms. The van der Waals surface area contributed by atoms with Gasteiger partial charge in [0.2, 0.25) is 5.91 Å². The van der Waals surface area contributed by atoms with Crippen LogP contribution in [0.5, 0.6) is 0 Å². The van der Waals surface area contributed by atoms with E-state index in [1.54, 1.807) is 30.3 Å². The van der Waals surface area contributed by atoms with Crippen molar-refractivity contribution in [2.75, 3.05) is 7.05 Å². The van der Waals surface area contributed by atoms with E-state index >= 15 is 0 Å². The Kier molecular flexibility index (Phi) is 3.92. The van der Waals surface area contributed by atoms with Gasteiger partial charge in [-0.3, -0.25) is 14.0 Å². The number of hydrogen-bond acceptors (Lipinski definition) is 5. The molecule has 1 N–H and O–H groups in total. The minimum absolute atomic E-state index is 0.109. The van der Waals surface area contributed by atoms with Gasteiger partial charge in [0.05, 0.1) is 28.6 Å². The first-order valence-corrected chi connectivity index (χ1v) is 8.16. The summed E-state index contributed by atoms with van der Waals surface area (Å²) in [6, 6.07) is 7.75. The minimum atomic E-state index is -0.109. The van der Waals surface area contributed by atoms with Crippen LogP contribution in [0.25, 0.3) is 28.2 Å². The lowest BCUT2D eigenvalue weighted by Crippen LogP contribution is -2.23. The monoisotopic (exact) mass is 347 g/mol. The fourth-order valence-electron chi connectivity index (χ4n) is 2.78. The zero-order valence-electron chi connectivity index (χ0n) is 14.4. The summed E-state index contributed by atoms with van der Waals surface area (Å²) >= 11 is 0. The summed E-state index contributed by atoms with van der Waals surface area (Å²) in [7, 11) is 1.60. The van der Waals surface area contributed by atoms with Crippen molar-refractivity contribution in [1.82, 2.24) is 34.6 Å². The number of benzene rings is 1. The number of likely N-dealkylation sites (N-methyl/N-ethyl adjacent to an activating group) is 1. The molecular formula is C18H17N7O. The number of aryl methyl sites for hydroxylation is 1. The highest BCUT2D eigenvalue weighted by atomic mass is 16.1. The second kappa shape index (κ2) is 6.40. The largest absolute Gasteiger partial charge is 0.358 e. The van der Waals surface area contributed by atoms with Crippen LogP contribution >= 0.6 is 0 Å². The molecule has 0 spiro atoms. The number of hydrogen-bond donors (Lipinski definition) is 1. The third kappa shape index (κ3) is 2.81. The number of carbonyl (C=O) groups is 1. The molecule has 0 saturated heterocycles. The number of para-hydroxylation sites is 2. The molecule has 0 aliphatic heterocycles. The average Bonchev–Trinajstić information content (AvgIpc) is 3.30. The van der Waals surface area contributed by atoms with Gasteiger partial charge >= 0.3 is 0 Å². The highest BCUT2D eigenvalue weighted by molar-refractivity contribution is 5.77. The molecule has 3 heterocycles. The van der Waals surface area contributed by atoms with Crippen LogP contribution in [0, 0.1) is 6.92 Å². The molecule has 1 aromatic carbocycles. The van der Waals surface area contributed by atoms with Crippen molar-refractivity contribution in [2.24, 2.45) is 0 Å². The quantitative estimate of drug-likeness (QED) is 0.607. The van der Waals surface area contributed by atoms with Crippen LogP contribution in [-0.2, 0) is 11.3 Å². The number of fused-ring (bicyclic) bond motifs is 1. The SMILES string of the molecule is CNC(=O)Cn1cc(-n2ccnc2-c2nc3ccccc3nc2C)cn1. The fourth-order valence-corrected chi connectivity index (χ4v) is 2.78. The minimum Gasteiger partial charge on any atom is -0.358 e. The Balaban J connectivity index is 1.76. The van der Waals surface area contributed by atoms with E-state index in [1.807, 2.05) is 42.0 Å². The highest BCUT2D eigenvalue weighted by Gasteiger charge is 2.15. The van der Waals surface area contributed by atoms with Gasteiger partial charge in [-0.25, -0.2) is 15.0 Å². The molecule has 130 valence electrons. The standard InChI is InChI=1S/C18H17N7O/c1-12-17(23-15-6-4-3-5-14(15)22-12)18-20-7-8-25(18)13-9-21-24(10-13)11-16(26)19-2/h3-10H,11H2,1-2H3,(H,19,26). The van der Waals surface area contributed by atoms with Gasteiger partial charge in [-0.1, -0.05) is 12.1 Å². The molecule has 8 heteroatoms. The van der Waals surface area contributed by atoms with E-state index in [9.17, 15) is 4.79 Å². The number of amides is 1. The van der Waals surface area contributed by atoms with Gasteiger partial charge in [-0.15, -0.1) is 0 Å². The Morgan fingerprint density at radius 2 is 1.96 bits per heavy atom. The maximum atomic E-state index is 11.5. The average molecular weight is 347 g/mol. The molecule has 0 unspecified atom stereocenters. The number of nitrogens with one attached hydrogen (secondary N) is 1. The van der Waals surface area contributed by atoms with Crippen LogP contribution in [0.3, 0.4) is 0 Å². The second-order valence-electron chi connectivity index (χ2n) is 5.84. The molecule has 0 fully saturated rings. The molecule has 1 amide bonds. The second-order valence-corrected chi connectivity index (χ2v) is 5.84. The van der Waals surface area contributed by atoms with Gasteiger partial charge in [0.25, 0.3) is 0 Å². The summed E-state index contributed by atoms with van der Waals surface area (Å²) in [5.41, 5.74) is 3.99. The maximum Gasteiger partial charge on any atom is 0.241 e. The normalized spacial score (nSPS) is 11.0. The zero-order valence-corrected chi connectivity index (χ0v) is 14.4. The summed E-state index contributed by atoms with van der Waals surface area (Å²) in [4.78, 5) is 25.4. The van der Waals surface area contributed by atoms with Crippen molar-refractivity contribution in [2.45, 2.75) is 13.5 Å². The summed E-state index contributed by atoms with van der Waals surface area (Å²) in [6.07, 6.45) is 7.04. The molecule has 4 aromatic rings. The van der Waals surface area contributed by atoms with Crippen LogP contribution < -0.4 is 5.32 Å². The van der Waals surface area contributed by atoms with Gasteiger partial charge in [-0.05, 0) is 19.1 Å². The summed E-state index contributed by atoms with van der Waals surface area (Å²) in [6.45, 7) is 2.08. The van der Waals surface area contributed by atoms with Gasteiger partial charge in [-0.2, -0.15) is 5.10 Å². The zero-order chi connectivity index (χ0) is 18.1. The van der Waals surface area contributed by atoms with E-state index in [0.29, 0.717) is 11.5 Å². The maximum absolute atomic E-state index is 11.5. The molecule has 0 radical (unpaired) electrons. The first-order chi connectivity index (χ1) is 12.7. The topological polar surface area (TPSA) is 90.5 Å². The lowest BCUT2D eigenvalue weighted by molar-refractivity contribution is -0.121. The van der Waals surface area contributed by atoms with E-state index in [2.05, 4.69) is 20.4 Å². The third-order valence-electron chi connectivity index (χ3n) is 4.08. The molecular weight excluding hydrogens is 330 g/mol. The predicted molar refractivity (Wildman–Crippen MR) is 96.7 cm³/mol. The van der Waals surface area contributed by atoms with Crippen LogP contribution in [0.15, 0.2) is 49.1 Å². The summed E-state index contributed by atoms with van der Waals surface area (Å²) in [5, 5.41) is 6.82. The number of imidazole rings is 1. The third-order valence-corrected chi connectivity index (χ3v) is 4.08. The smallest absolute Gasteiger partial charge is 0.241 e. The van der Waals surface area contributed by atoms with Gasteiger partial charge in [0.15, 0.2) is 5.82 Å². The van der Waals surface area contributed by atoms with Crippen molar-refractivity contribution < 1.29 is 4.79 Å². The van der Waals surface area contributed by atoms with Crippen molar-refractivity contribution in [3.63, 3.8) is 0 Å². The number of aromatic nitrogens is 6. The van der Waals surface area contributed by atoms with E-state index < -0.39 is 0 Å². The highest BCUT2D eigenvalue weighted by Crippen LogP contribution is 2.24. The lowest BCUT2D eigenvalue weighted by Gasteiger charge is -2.08. The van der Waals surface area contributed by atoms with Gasteiger partial charge < -0.3 is 5.32 Å². The Bertz CT molecular complexity index is 1100. The van der Waals surface area contributed by atoms with E-state index in [-0.39, 0.29) is 12.5 Å².